The van der Waals surface area contributed by atoms with Crippen LogP contribution in [0.2, 0.25) is 0 Å². The molecule has 0 atom stereocenters. The van der Waals surface area contributed by atoms with Gasteiger partial charge in [0, 0.05) is 18.7 Å². The predicted octanol–water partition coefficient (Wildman–Crippen LogP) is 1.65. The Labute approximate surface area is 117 Å². The largest absolute Gasteiger partial charge is 0.398 e. The van der Waals surface area contributed by atoms with Gasteiger partial charge in [0.05, 0.1) is 10.6 Å². The van der Waals surface area contributed by atoms with Gasteiger partial charge in [0.2, 0.25) is 10.0 Å². The number of nitrogens with one attached hydrogen (secondary N) is 1. The van der Waals surface area contributed by atoms with Gasteiger partial charge in [0.25, 0.3) is 5.69 Å². The Morgan fingerprint density at radius 1 is 1.35 bits per heavy atom. The second-order valence-corrected chi connectivity index (χ2v) is 6.72. The first kappa shape index (κ1) is 14.7. The molecule has 8 heteroatoms. The molecule has 1 aromatic rings. The maximum absolute atomic E-state index is 12.2. The number of hydrogen-bond donors (Lipinski definition) is 2. The summed E-state index contributed by atoms with van der Waals surface area (Å²) in [4.78, 5) is 9.83. The molecule has 0 bridgehead atoms. The zero-order valence-electron chi connectivity index (χ0n) is 10.9. The highest BCUT2D eigenvalue weighted by atomic mass is 32.2. The van der Waals surface area contributed by atoms with Crippen molar-refractivity contribution in [2.75, 3.05) is 12.3 Å². The van der Waals surface area contributed by atoms with Gasteiger partial charge in [-0.25, -0.2) is 13.1 Å². The topological polar surface area (TPSA) is 115 Å². The fourth-order valence-corrected chi connectivity index (χ4v) is 3.65. The van der Waals surface area contributed by atoms with E-state index in [-0.39, 0.29) is 16.3 Å². The molecule has 1 fully saturated rings. The van der Waals surface area contributed by atoms with E-state index in [1.165, 1.54) is 12.1 Å². The monoisotopic (exact) mass is 299 g/mol. The maximum atomic E-state index is 12.2. The zero-order chi connectivity index (χ0) is 14.8. The Morgan fingerprint density at radius 2 is 2.00 bits per heavy atom. The number of nitrogens with zero attached hydrogens (tertiary/aromatic N) is 1. The molecular weight excluding hydrogens is 282 g/mol. The van der Waals surface area contributed by atoms with Crippen molar-refractivity contribution in [1.29, 1.82) is 0 Å². The summed E-state index contributed by atoms with van der Waals surface area (Å²) >= 11 is 0. The van der Waals surface area contributed by atoms with E-state index in [9.17, 15) is 18.5 Å². The van der Waals surface area contributed by atoms with E-state index in [2.05, 4.69) is 4.72 Å². The molecule has 0 amide bonds. The third-order valence-electron chi connectivity index (χ3n) is 3.53. The highest BCUT2D eigenvalue weighted by molar-refractivity contribution is 7.89. The zero-order valence-corrected chi connectivity index (χ0v) is 11.7. The molecule has 7 nitrogen and oxygen atoms in total. The SMILES string of the molecule is Nc1ccc([N+](=O)[O-])cc1S(=O)(=O)NCC1CCCC1. The summed E-state index contributed by atoms with van der Waals surface area (Å²) < 4.78 is 26.8. The summed E-state index contributed by atoms with van der Waals surface area (Å²) in [5.41, 5.74) is 5.34. The van der Waals surface area contributed by atoms with Gasteiger partial charge in [0.1, 0.15) is 4.90 Å². The number of sulfonamides is 1. The number of rotatable bonds is 5. The van der Waals surface area contributed by atoms with E-state index in [0.29, 0.717) is 12.5 Å². The van der Waals surface area contributed by atoms with Crippen LogP contribution in [0.3, 0.4) is 0 Å². The number of hydrogen-bond acceptors (Lipinski definition) is 5. The predicted molar refractivity (Wildman–Crippen MR) is 74.7 cm³/mol. The van der Waals surface area contributed by atoms with E-state index in [0.717, 1.165) is 31.7 Å². The highest BCUT2D eigenvalue weighted by Crippen LogP contribution is 2.26. The Kier molecular flexibility index (Phi) is 4.24. The van der Waals surface area contributed by atoms with Crippen LogP contribution >= 0.6 is 0 Å². The van der Waals surface area contributed by atoms with Crippen LogP contribution in [0.4, 0.5) is 11.4 Å². The van der Waals surface area contributed by atoms with Gasteiger partial charge >= 0.3 is 0 Å². The number of anilines is 1. The summed E-state index contributed by atoms with van der Waals surface area (Å²) in [6.45, 7) is 0.352. The van der Waals surface area contributed by atoms with Crippen LogP contribution in [0, 0.1) is 16.0 Å². The quantitative estimate of drug-likeness (QED) is 0.487. The number of nitro groups is 1. The van der Waals surface area contributed by atoms with Crippen LogP contribution in [0.5, 0.6) is 0 Å². The normalized spacial score (nSPS) is 16.4. The minimum Gasteiger partial charge on any atom is -0.398 e. The first-order valence-corrected chi connectivity index (χ1v) is 7.92. The van der Waals surface area contributed by atoms with E-state index in [4.69, 9.17) is 5.73 Å². The standard InChI is InChI=1S/C12H17N3O4S/c13-11-6-5-10(15(16)17)7-12(11)20(18,19)14-8-9-3-1-2-4-9/h5-7,9,14H,1-4,8,13H2. The third kappa shape index (κ3) is 3.26. The maximum Gasteiger partial charge on any atom is 0.270 e. The van der Waals surface area contributed by atoms with Crippen molar-refractivity contribution in [2.24, 2.45) is 5.92 Å². The molecule has 3 N–H and O–H groups in total. The van der Waals surface area contributed by atoms with Crippen molar-refractivity contribution in [3.05, 3.63) is 28.3 Å². The van der Waals surface area contributed by atoms with Gasteiger partial charge in [-0.15, -0.1) is 0 Å². The molecule has 0 aromatic heterocycles. The molecule has 1 aliphatic carbocycles. The fourth-order valence-electron chi connectivity index (χ4n) is 2.39. The van der Waals surface area contributed by atoms with Crippen molar-refractivity contribution in [2.45, 2.75) is 30.6 Å². The van der Waals surface area contributed by atoms with E-state index < -0.39 is 14.9 Å². The smallest absolute Gasteiger partial charge is 0.270 e. The summed E-state index contributed by atoms with van der Waals surface area (Å²) in [6, 6.07) is 3.42. The molecular formula is C12H17N3O4S. The van der Waals surface area contributed by atoms with Crippen molar-refractivity contribution >= 4 is 21.4 Å². The van der Waals surface area contributed by atoms with Gasteiger partial charge in [-0.3, -0.25) is 10.1 Å². The molecule has 2 rings (SSSR count). The average Bonchev–Trinajstić information content (AvgIpc) is 2.89. The average molecular weight is 299 g/mol. The Morgan fingerprint density at radius 3 is 2.60 bits per heavy atom. The molecule has 0 spiro atoms. The lowest BCUT2D eigenvalue weighted by atomic mass is 10.1. The second-order valence-electron chi connectivity index (χ2n) is 4.98. The number of nitro benzene ring substituents is 1. The minimum atomic E-state index is -3.81. The van der Waals surface area contributed by atoms with Crippen LogP contribution < -0.4 is 10.5 Å². The number of nitrogens with two attached hydrogens (primary N) is 1. The highest BCUT2D eigenvalue weighted by Gasteiger charge is 2.23. The Bertz CT molecular complexity index is 609. The van der Waals surface area contributed by atoms with E-state index >= 15 is 0 Å². The third-order valence-corrected chi connectivity index (χ3v) is 5.01. The Balaban J connectivity index is 2.19. The van der Waals surface area contributed by atoms with Crippen LogP contribution in [0.1, 0.15) is 25.7 Å². The van der Waals surface area contributed by atoms with E-state index in [1.54, 1.807) is 0 Å². The number of non-ortho nitro benzene ring substituents is 1. The van der Waals surface area contributed by atoms with Crippen LogP contribution in [-0.2, 0) is 10.0 Å². The van der Waals surface area contributed by atoms with Crippen LogP contribution in [-0.4, -0.2) is 19.9 Å². The van der Waals surface area contributed by atoms with Crippen molar-refractivity contribution in [3.63, 3.8) is 0 Å². The molecule has 1 aromatic carbocycles. The lowest BCUT2D eigenvalue weighted by molar-refractivity contribution is -0.385. The molecule has 0 unspecified atom stereocenters. The van der Waals surface area contributed by atoms with Gasteiger partial charge < -0.3 is 5.73 Å². The number of benzene rings is 1. The first-order chi connectivity index (χ1) is 9.40. The van der Waals surface area contributed by atoms with Crippen LogP contribution in [0.25, 0.3) is 0 Å². The van der Waals surface area contributed by atoms with E-state index in [1.807, 2.05) is 0 Å². The van der Waals surface area contributed by atoms with Crippen molar-refractivity contribution < 1.29 is 13.3 Å². The molecule has 110 valence electrons. The lowest BCUT2D eigenvalue weighted by Crippen LogP contribution is -2.29. The summed E-state index contributed by atoms with van der Waals surface area (Å²) in [7, 11) is -3.81. The van der Waals surface area contributed by atoms with Crippen molar-refractivity contribution in [1.82, 2.24) is 4.72 Å². The number of nitrogen functional groups attached to an aromatic ring is 1. The van der Waals surface area contributed by atoms with Crippen LogP contribution in [0.15, 0.2) is 23.1 Å². The minimum absolute atomic E-state index is 0.00882. The van der Waals surface area contributed by atoms with Gasteiger partial charge in [-0.2, -0.15) is 0 Å². The lowest BCUT2D eigenvalue weighted by Gasteiger charge is -2.12. The van der Waals surface area contributed by atoms with Crippen molar-refractivity contribution in [3.8, 4) is 0 Å². The molecule has 0 saturated heterocycles. The Hall–Kier alpha value is -1.67. The molecule has 0 heterocycles. The van der Waals surface area contributed by atoms with Gasteiger partial charge in [0.15, 0.2) is 0 Å². The van der Waals surface area contributed by atoms with Gasteiger partial charge in [-0.1, -0.05) is 12.8 Å². The summed E-state index contributed by atoms with van der Waals surface area (Å²) in [6.07, 6.45) is 4.25. The summed E-state index contributed by atoms with van der Waals surface area (Å²) in [5, 5.41) is 10.7. The van der Waals surface area contributed by atoms with Gasteiger partial charge in [-0.05, 0) is 24.8 Å². The summed E-state index contributed by atoms with van der Waals surface area (Å²) in [5.74, 6) is 0.338. The molecule has 0 aliphatic heterocycles. The first-order valence-electron chi connectivity index (χ1n) is 6.44. The second kappa shape index (κ2) is 5.76. The molecule has 20 heavy (non-hydrogen) atoms. The molecule has 1 saturated carbocycles. The molecule has 0 radical (unpaired) electrons. The fraction of sp³-hybridized carbons (Fsp3) is 0.500. The molecule has 1 aliphatic rings.